The standard InChI is InChI=1S/C34H45N7O3/c35-14-20-42-22-23-43-21-19-39-15-17-40(18-16-39)27-8-10-28(11-9-27)41-24-31(32-33(36)37-25-38-34(32)41)26-6-12-30(13-7-26)44-29-4-2-1-3-5-29/h1-7,12-13,24-25,27-28H,8-11,14-23,35H2,(H2,36,37,38)/t27-,28+. The summed E-state index contributed by atoms with van der Waals surface area (Å²) in [5, 5.41) is 0.925. The van der Waals surface area contributed by atoms with Crippen molar-refractivity contribution in [2.45, 2.75) is 37.8 Å². The van der Waals surface area contributed by atoms with Crippen molar-refractivity contribution < 1.29 is 14.2 Å². The third-order valence-corrected chi connectivity index (χ3v) is 8.95. The zero-order chi connectivity index (χ0) is 30.1. The number of para-hydroxylation sites is 1. The molecule has 0 radical (unpaired) electrons. The van der Waals surface area contributed by atoms with Crippen molar-refractivity contribution in [2.75, 3.05) is 71.4 Å². The lowest BCUT2D eigenvalue weighted by molar-refractivity contribution is 0.0259. The largest absolute Gasteiger partial charge is 0.457 e. The lowest BCUT2D eigenvalue weighted by Gasteiger charge is -2.42. The van der Waals surface area contributed by atoms with Gasteiger partial charge >= 0.3 is 0 Å². The van der Waals surface area contributed by atoms with Gasteiger partial charge in [-0.25, -0.2) is 9.97 Å². The van der Waals surface area contributed by atoms with Crippen LogP contribution in [0.3, 0.4) is 0 Å². The normalized spacial score (nSPS) is 19.8. The molecular weight excluding hydrogens is 554 g/mol. The number of fused-ring (bicyclic) bond motifs is 1. The van der Waals surface area contributed by atoms with Gasteiger partial charge in [0.2, 0.25) is 0 Å². The van der Waals surface area contributed by atoms with Crippen molar-refractivity contribution in [3.8, 4) is 22.6 Å². The molecule has 1 saturated heterocycles. The van der Waals surface area contributed by atoms with Crippen molar-refractivity contribution in [1.82, 2.24) is 24.3 Å². The van der Waals surface area contributed by atoms with Gasteiger partial charge in [0.05, 0.1) is 31.8 Å². The van der Waals surface area contributed by atoms with Gasteiger partial charge in [0.25, 0.3) is 0 Å². The lowest BCUT2D eigenvalue weighted by atomic mass is 9.89. The van der Waals surface area contributed by atoms with Crippen LogP contribution in [0.25, 0.3) is 22.2 Å². The van der Waals surface area contributed by atoms with Crippen LogP contribution in [0.2, 0.25) is 0 Å². The van der Waals surface area contributed by atoms with Gasteiger partial charge in [-0.1, -0.05) is 30.3 Å². The summed E-state index contributed by atoms with van der Waals surface area (Å²) in [6.45, 7) is 8.59. The quantitative estimate of drug-likeness (QED) is 0.213. The van der Waals surface area contributed by atoms with Gasteiger partial charge in [0.1, 0.15) is 29.3 Å². The van der Waals surface area contributed by atoms with Crippen LogP contribution in [-0.4, -0.2) is 96.1 Å². The average Bonchev–Trinajstić information content (AvgIpc) is 3.47. The molecule has 234 valence electrons. The molecular formula is C34H45N7O3. The topological polar surface area (TPSA) is 117 Å². The Morgan fingerprint density at radius 3 is 2.16 bits per heavy atom. The van der Waals surface area contributed by atoms with Crippen molar-refractivity contribution in [1.29, 1.82) is 0 Å². The molecule has 1 saturated carbocycles. The van der Waals surface area contributed by atoms with Gasteiger partial charge in [0, 0.05) is 63.1 Å². The van der Waals surface area contributed by atoms with Gasteiger partial charge < -0.3 is 30.2 Å². The maximum atomic E-state index is 6.45. The SMILES string of the molecule is NCCOCCOCCN1CCN([C@H]2CC[C@@H](n3cc(-c4ccc(Oc5ccccc5)cc4)c4c(N)ncnc43)CC2)CC1. The van der Waals surface area contributed by atoms with Crippen molar-refractivity contribution >= 4 is 16.9 Å². The van der Waals surface area contributed by atoms with Crippen molar-refractivity contribution in [2.24, 2.45) is 5.73 Å². The third-order valence-electron chi connectivity index (χ3n) is 8.95. The molecule has 2 aromatic heterocycles. The molecule has 3 heterocycles. The fourth-order valence-electron chi connectivity index (χ4n) is 6.59. The molecule has 10 heteroatoms. The predicted octanol–water partition coefficient (Wildman–Crippen LogP) is 4.57. The van der Waals surface area contributed by atoms with E-state index in [0.29, 0.717) is 44.3 Å². The second-order valence-corrected chi connectivity index (χ2v) is 11.7. The Hall–Kier alpha value is -3.54. The molecule has 2 aromatic carbocycles. The summed E-state index contributed by atoms with van der Waals surface area (Å²) in [4.78, 5) is 14.3. The molecule has 0 atom stereocenters. The number of nitrogen functional groups attached to an aromatic ring is 1. The molecule has 0 unspecified atom stereocenters. The first-order valence-electron chi connectivity index (χ1n) is 16.0. The summed E-state index contributed by atoms with van der Waals surface area (Å²) in [5.74, 6) is 2.13. The number of hydrogen-bond donors (Lipinski definition) is 2. The number of aromatic nitrogens is 3. The molecule has 6 rings (SSSR count). The van der Waals surface area contributed by atoms with E-state index in [4.69, 9.17) is 30.7 Å². The summed E-state index contributed by atoms with van der Waals surface area (Å²) in [7, 11) is 0. The molecule has 1 aliphatic carbocycles. The van der Waals surface area contributed by atoms with Crippen LogP contribution >= 0.6 is 0 Å². The van der Waals surface area contributed by atoms with Crippen LogP contribution < -0.4 is 16.2 Å². The van der Waals surface area contributed by atoms with E-state index in [-0.39, 0.29) is 0 Å². The number of nitrogens with zero attached hydrogens (tertiary/aromatic N) is 5. The Labute approximate surface area is 259 Å². The predicted molar refractivity (Wildman–Crippen MR) is 174 cm³/mol. The summed E-state index contributed by atoms with van der Waals surface area (Å²) in [6, 6.07) is 19.0. The average molecular weight is 600 g/mol. The number of anilines is 1. The van der Waals surface area contributed by atoms with Gasteiger partial charge in [-0.05, 0) is 55.5 Å². The Morgan fingerprint density at radius 2 is 1.43 bits per heavy atom. The van der Waals surface area contributed by atoms with E-state index >= 15 is 0 Å². The Balaban J connectivity index is 1.04. The lowest BCUT2D eigenvalue weighted by Crippen LogP contribution is -2.51. The molecule has 2 aliphatic rings. The number of nitrogens with two attached hydrogens (primary N) is 2. The molecule has 0 amide bonds. The monoisotopic (exact) mass is 599 g/mol. The minimum absolute atomic E-state index is 0.393. The Bertz CT molecular complexity index is 1450. The second kappa shape index (κ2) is 15.0. The molecule has 0 spiro atoms. The molecule has 2 fully saturated rings. The number of hydrogen-bond acceptors (Lipinski definition) is 9. The van der Waals surface area contributed by atoms with E-state index in [1.807, 2.05) is 42.5 Å². The zero-order valence-corrected chi connectivity index (χ0v) is 25.5. The van der Waals surface area contributed by atoms with Crippen LogP contribution in [0.15, 0.2) is 67.1 Å². The fourth-order valence-corrected chi connectivity index (χ4v) is 6.59. The fraction of sp³-hybridized carbons (Fsp3) is 0.471. The molecule has 4 N–H and O–H groups in total. The van der Waals surface area contributed by atoms with Crippen LogP contribution in [0.4, 0.5) is 5.82 Å². The highest BCUT2D eigenvalue weighted by atomic mass is 16.5. The highest BCUT2D eigenvalue weighted by molar-refractivity contribution is 6.00. The minimum atomic E-state index is 0.393. The number of ether oxygens (including phenoxy) is 3. The third kappa shape index (κ3) is 7.39. The minimum Gasteiger partial charge on any atom is -0.457 e. The van der Waals surface area contributed by atoms with Crippen LogP contribution in [-0.2, 0) is 9.47 Å². The maximum absolute atomic E-state index is 6.45. The molecule has 44 heavy (non-hydrogen) atoms. The molecule has 1 aliphatic heterocycles. The van der Waals surface area contributed by atoms with Crippen LogP contribution in [0.1, 0.15) is 31.7 Å². The van der Waals surface area contributed by atoms with Crippen molar-refractivity contribution in [3.63, 3.8) is 0 Å². The highest BCUT2D eigenvalue weighted by Gasteiger charge is 2.30. The van der Waals surface area contributed by atoms with E-state index < -0.39 is 0 Å². The molecule has 10 nitrogen and oxygen atoms in total. The number of piperazine rings is 1. The maximum Gasteiger partial charge on any atom is 0.146 e. The first-order valence-corrected chi connectivity index (χ1v) is 16.0. The number of benzene rings is 2. The Morgan fingerprint density at radius 1 is 0.750 bits per heavy atom. The van der Waals surface area contributed by atoms with E-state index in [9.17, 15) is 0 Å². The molecule has 4 aromatic rings. The van der Waals surface area contributed by atoms with Gasteiger partial charge in [-0.15, -0.1) is 0 Å². The van der Waals surface area contributed by atoms with Gasteiger partial charge in [0.15, 0.2) is 0 Å². The smallest absolute Gasteiger partial charge is 0.146 e. The van der Waals surface area contributed by atoms with E-state index in [1.165, 1.54) is 12.8 Å². The van der Waals surface area contributed by atoms with Gasteiger partial charge in [-0.2, -0.15) is 0 Å². The van der Waals surface area contributed by atoms with Crippen molar-refractivity contribution in [3.05, 3.63) is 67.1 Å². The second-order valence-electron chi connectivity index (χ2n) is 11.7. The highest BCUT2D eigenvalue weighted by Crippen LogP contribution is 2.39. The van der Waals surface area contributed by atoms with E-state index in [0.717, 1.165) is 85.8 Å². The molecule has 0 bridgehead atoms. The summed E-state index contributed by atoms with van der Waals surface area (Å²) >= 11 is 0. The van der Waals surface area contributed by atoms with E-state index in [2.05, 4.69) is 37.7 Å². The summed E-state index contributed by atoms with van der Waals surface area (Å²) < 4.78 is 19.5. The summed E-state index contributed by atoms with van der Waals surface area (Å²) in [6.07, 6.45) is 8.46. The van der Waals surface area contributed by atoms with Gasteiger partial charge in [-0.3, -0.25) is 9.80 Å². The zero-order valence-electron chi connectivity index (χ0n) is 25.5. The first-order chi connectivity index (χ1) is 21.7. The Kier molecular flexibility index (Phi) is 10.4. The van der Waals surface area contributed by atoms with Crippen LogP contribution in [0, 0.1) is 0 Å². The summed E-state index contributed by atoms with van der Waals surface area (Å²) in [5.41, 5.74) is 14.9. The van der Waals surface area contributed by atoms with E-state index in [1.54, 1.807) is 6.33 Å². The van der Waals surface area contributed by atoms with Crippen LogP contribution in [0.5, 0.6) is 11.5 Å². The number of rotatable bonds is 13. The first kappa shape index (κ1) is 30.5.